The van der Waals surface area contributed by atoms with Gasteiger partial charge in [0, 0.05) is 28.1 Å². The number of thioether (sulfide) groups is 2. The number of hydrogen-bond donors (Lipinski definition) is 7. The van der Waals surface area contributed by atoms with Crippen LogP contribution < -0.4 is 21.9 Å². The van der Waals surface area contributed by atoms with Crippen molar-refractivity contribution in [2.45, 2.75) is 49.0 Å². The van der Waals surface area contributed by atoms with E-state index in [9.17, 15) is 52.5 Å². The van der Waals surface area contributed by atoms with E-state index >= 15 is 0 Å². The number of benzene rings is 1. The SMILES string of the molecule is Cc1cc(SCC2=C(C(=O)O)N3C(=O)C(NC(=O)C(=NOC(C)(C)C(=O)NNC(=O)c4ccc(O)c(O)c4)c4csc(N)n4)[C@@H]3SC2)n2nc(C(F)(F)F)nc2n1. The Labute approximate surface area is 329 Å². The molecule has 0 saturated carbocycles. The van der Waals surface area contributed by atoms with E-state index in [4.69, 9.17) is 10.6 Å². The molecule has 2 aliphatic heterocycles. The van der Waals surface area contributed by atoms with E-state index in [1.807, 2.05) is 0 Å². The van der Waals surface area contributed by atoms with Gasteiger partial charge in [-0.05, 0) is 50.6 Å². The number of rotatable bonds is 11. The first-order valence-corrected chi connectivity index (χ1v) is 18.9. The normalized spacial score (nSPS) is 17.2. The topological polar surface area (TPSA) is 289 Å². The number of phenolic OH excluding ortho intramolecular Hbond substituents is 2. The predicted molar refractivity (Wildman–Crippen MR) is 195 cm³/mol. The molecular weight excluding hydrogens is 824 g/mol. The summed E-state index contributed by atoms with van der Waals surface area (Å²) in [5, 5.41) is 39.8. The van der Waals surface area contributed by atoms with Crippen LogP contribution in [0.3, 0.4) is 0 Å². The Balaban J connectivity index is 1.15. The number of aliphatic carboxylic acids is 1. The predicted octanol–water partition coefficient (Wildman–Crippen LogP) is 1.39. The van der Waals surface area contributed by atoms with Gasteiger partial charge in [0.25, 0.3) is 35.2 Å². The summed E-state index contributed by atoms with van der Waals surface area (Å²) in [4.78, 5) is 82.8. The van der Waals surface area contributed by atoms with Gasteiger partial charge in [0.15, 0.2) is 22.3 Å². The Morgan fingerprint density at radius 2 is 1.84 bits per heavy atom. The second-order valence-electron chi connectivity index (χ2n) is 12.5. The van der Waals surface area contributed by atoms with E-state index in [0.717, 1.165) is 56.4 Å². The number of phenols is 2. The molecule has 20 nitrogen and oxygen atoms in total. The number of aromatic hydroxyl groups is 2. The molecule has 26 heteroatoms. The van der Waals surface area contributed by atoms with Gasteiger partial charge in [-0.15, -0.1) is 40.0 Å². The molecule has 3 aromatic heterocycles. The van der Waals surface area contributed by atoms with Crippen LogP contribution in [0.2, 0.25) is 0 Å². The van der Waals surface area contributed by atoms with Crippen LogP contribution in [0.15, 0.2) is 51.1 Å². The van der Waals surface area contributed by atoms with Crippen molar-refractivity contribution in [3.05, 3.63) is 63.7 Å². The number of carboxylic acid groups (broad SMARTS) is 1. The number of halogens is 3. The number of anilines is 1. The number of aryl methyl sites for hydroxylation is 1. The number of β-lactam (4-membered cyclic amide) rings is 1. The Morgan fingerprint density at radius 1 is 1.11 bits per heavy atom. The van der Waals surface area contributed by atoms with Gasteiger partial charge in [-0.25, -0.2) is 14.8 Å². The highest BCUT2D eigenvalue weighted by atomic mass is 32.2. The lowest BCUT2D eigenvalue weighted by molar-refractivity contribution is -0.150. The monoisotopic (exact) mass is 851 g/mol. The molecule has 1 fully saturated rings. The van der Waals surface area contributed by atoms with Crippen LogP contribution in [0.4, 0.5) is 18.3 Å². The van der Waals surface area contributed by atoms with Gasteiger partial charge < -0.3 is 31.2 Å². The quantitative estimate of drug-likeness (QED) is 0.0280. The summed E-state index contributed by atoms with van der Waals surface area (Å²) >= 11 is 3.04. The summed E-state index contributed by atoms with van der Waals surface area (Å²) in [5.41, 5.74) is 7.69. The van der Waals surface area contributed by atoms with E-state index in [2.05, 4.69) is 41.4 Å². The van der Waals surface area contributed by atoms with Crippen molar-refractivity contribution in [2.24, 2.45) is 5.16 Å². The Bertz CT molecular complexity index is 2400. The fraction of sp³-hybridized carbons (Fsp3) is 0.290. The van der Waals surface area contributed by atoms with Gasteiger partial charge in [-0.2, -0.15) is 22.7 Å². The first kappa shape index (κ1) is 40.5. The first-order chi connectivity index (χ1) is 26.7. The first-order valence-electron chi connectivity index (χ1n) is 16.0. The average molecular weight is 852 g/mol. The minimum absolute atomic E-state index is 0.0353. The van der Waals surface area contributed by atoms with Crippen LogP contribution in [0, 0.1) is 6.92 Å². The van der Waals surface area contributed by atoms with Crippen molar-refractivity contribution in [1.82, 2.24) is 45.6 Å². The molecule has 8 N–H and O–H groups in total. The molecule has 1 unspecified atom stereocenters. The summed E-state index contributed by atoms with van der Waals surface area (Å²) in [6, 6.07) is 3.42. The van der Waals surface area contributed by atoms with Gasteiger partial charge in [-0.3, -0.25) is 34.9 Å². The number of hydrogen-bond acceptors (Lipinski definition) is 17. The van der Waals surface area contributed by atoms with Crippen molar-refractivity contribution in [3.8, 4) is 11.5 Å². The van der Waals surface area contributed by atoms with Gasteiger partial charge in [0.2, 0.25) is 5.60 Å². The smallest absolute Gasteiger partial charge is 0.453 e. The van der Waals surface area contributed by atoms with Crippen molar-refractivity contribution in [2.75, 3.05) is 17.2 Å². The van der Waals surface area contributed by atoms with Crippen LogP contribution in [0.25, 0.3) is 5.78 Å². The van der Waals surface area contributed by atoms with Gasteiger partial charge in [0.05, 0.1) is 0 Å². The number of nitrogens with one attached hydrogen (secondary N) is 3. The number of nitrogens with zero attached hydrogens (tertiary/aromatic N) is 7. The molecule has 1 aromatic carbocycles. The molecule has 1 saturated heterocycles. The number of carbonyl (C=O) groups is 5. The molecule has 0 radical (unpaired) electrons. The Hall–Kier alpha value is -6.15. The van der Waals surface area contributed by atoms with Crippen LogP contribution >= 0.6 is 34.9 Å². The van der Waals surface area contributed by atoms with Gasteiger partial charge in [-0.1, -0.05) is 5.16 Å². The molecule has 300 valence electrons. The second-order valence-corrected chi connectivity index (χ2v) is 15.5. The third-order valence-corrected chi connectivity index (χ3v) is 11.1. The maximum Gasteiger partial charge on any atom is 0.453 e. The maximum absolute atomic E-state index is 13.6. The van der Waals surface area contributed by atoms with E-state index in [1.54, 1.807) is 6.92 Å². The second kappa shape index (κ2) is 15.4. The van der Waals surface area contributed by atoms with E-state index < -0.39 is 75.8 Å². The van der Waals surface area contributed by atoms with Crippen LogP contribution in [-0.2, 0) is 30.2 Å². The zero-order chi connectivity index (χ0) is 41.6. The molecular formula is C31H28F3N11O9S3. The minimum atomic E-state index is -4.83. The number of carboxylic acids is 1. The molecule has 0 spiro atoms. The fourth-order valence-electron chi connectivity index (χ4n) is 5.14. The highest BCUT2D eigenvalue weighted by Crippen LogP contribution is 2.42. The van der Waals surface area contributed by atoms with Gasteiger partial charge >= 0.3 is 12.1 Å². The number of alkyl halides is 3. The average Bonchev–Trinajstić information content (AvgIpc) is 3.78. The Morgan fingerprint density at radius 3 is 2.49 bits per heavy atom. The third-order valence-electron chi connectivity index (χ3n) is 8.01. The molecule has 4 aromatic rings. The summed E-state index contributed by atoms with van der Waals surface area (Å²) in [6.07, 6.45) is -4.83. The van der Waals surface area contributed by atoms with Crippen LogP contribution in [-0.4, -0.2) is 109 Å². The van der Waals surface area contributed by atoms with E-state index in [0.29, 0.717) is 5.69 Å². The van der Waals surface area contributed by atoms with Crippen LogP contribution in [0.5, 0.6) is 11.5 Å². The lowest BCUT2D eigenvalue weighted by atomic mass is 10.0. The van der Waals surface area contributed by atoms with Gasteiger partial charge in [0.1, 0.15) is 27.8 Å². The molecule has 57 heavy (non-hydrogen) atoms. The van der Waals surface area contributed by atoms with Crippen molar-refractivity contribution < 1.29 is 57.3 Å². The lowest BCUT2D eigenvalue weighted by Gasteiger charge is -2.49. The summed E-state index contributed by atoms with van der Waals surface area (Å²) in [5.74, 6) is -7.77. The van der Waals surface area contributed by atoms with Crippen molar-refractivity contribution in [3.63, 3.8) is 0 Å². The third kappa shape index (κ3) is 8.36. The van der Waals surface area contributed by atoms with E-state index in [-0.39, 0.29) is 50.0 Å². The molecule has 5 heterocycles. The largest absolute Gasteiger partial charge is 0.504 e. The Kier molecular flexibility index (Phi) is 11.0. The molecule has 0 bridgehead atoms. The number of thiazole rings is 1. The number of amides is 4. The lowest BCUT2D eigenvalue weighted by Crippen LogP contribution is -2.71. The number of hydrazine groups is 1. The molecule has 2 atom stereocenters. The van der Waals surface area contributed by atoms with E-state index in [1.165, 1.54) is 31.4 Å². The standard InChI is InChI=1S/C31H28F3N11O9S3/c1-11-6-17(45-29(36-11)39-26(42-45)31(32,33)34)55-8-13-9-56-24-19(23(50)44(24)20(13)25(51)52)38-22(49)18(14-10-57-28(35)37-14)43-54-30(2,3)27(53)41-40-21(48)12-4-5-15(46)16(47)7-12/h4-7,10,19,24,46-47H,8-9H2,1-3H3,(H2,35,37)(H,38,49)(H,40,48)(H,41,53)(H,51,52)/t19?,24-/m0/s1. The number of fused-ring (bicyclic) bond motifs is 2. The number of aromatic nitrogens is 5. The minimum Gasteiger partial charge on any atom is -0.504 e. The molecule has 6 rings (SSSR count). The zero-order valence-corrected chi connectivity index (χ0v) is 31.8. The molecule has 4 amide bonds. The fourth-order valence-corrected chi connectivity index (χ4v) is 8.23. The number of nitrogens with two attached hydrogens (primary N) is 1. The summed E-state index contributed by atoms with van der Waals surface area (Å²) < 4.78 is 40.8. The summed E-state index contributed by atoms with van der Waals surface area (Å²) in [7, 11) is 0. The summed E-state index contributed by atoms with van der Waals surface area (Å²) in [6.45, 7) is 4.05. The van der Waals surface area contributed by atoms with Crippen molar-refractivity contribution in [1.29, 1.82) is 0 Å². The number of oxime groups is 1. The molecule has 2 aliphatic rings. The highest BCUT2D eigenvalue weighted by molar-refractivity contribution is 8.01. The number of nitrogen functional groups attached to an aromatic ring is 1. The van der Waals surface area contributed by atoms with Crippen LogP contribution in [0.1, 0.15) is 41.4 Å². The van der Waals surface area contributed by atoms with Crippen molar-refractivity contribution >= 4 is 81.1 Å². The highest BCUT2D eigenvalue weighted by Gasteiger charge is 2.54. The number of carbonyl (C=O) groups excluding carboxylic acids is 4. The molecule has 0 aliphatic carbocycles. The maximum atomic E-state index is 13.6. The zero-order valence-electron chi connectivity index (χ0n) is 29.3.